The maximum absolute atomic E-state index is 12.2. The third-order valence-electron chi connectivity index (χ3n) is 3.51. The first-order valence-corrected chi connectivity index (χ1v) is 7.04. The summed E-state index contributed by atoms with van der Waals surface area (Å²) in [6.07, 6.45) is 4.94. The highest BCUT2D eigenvalue weighted by Gasteiger charge is 2.33. The average molecular weight is 269 g/mol. The Morgan fingerprint density at radius 2 is 2.17 bits per heavy atom. The monoisotopic (exact) mass is 269 g/mol. The van der Waals surface area contributed by atoms with Crippen LogP contribution in [-0.4, -0.2) is 28.1 Å². The third kappa shape index (κ3) is 2.64. The molecule has 5 nitrogen and oxygen atoms in total. The Kier molecular flexibility index (Phi) is 3.87. The molecule has 18 heavy (non-hydrogen) atoms. The van der Waals surface area contributed by atoms with E-state index in [0.29, 0.717) is 15.7 Å². The summed E-state index contributed by atoms with van der Waals surface area (Å²) in [4.78, 5) is 16.8. The van der Waals surface area contributed by atoms with E-state index >= 15 is 0 Å². The van der Waals surface area contributed by atoms with Crippen LogP contribution in [0.2, 0.25) is 0 Å². The molecule has 0 saturated heterocycles. The number of rotatable bonds is 3. The lowest BCUT2D eigenvalue weighted by Crippen LogP contribution is -2.52. The normalized spacial score (nSPS) is 18.6. The number of aromatic nitrogens is 1. The number of carbonyl (C=O) groups excluding carboxylic acids is 1. The molecule has 1 saturated carbocycles. The summed E-state index contributed by atoms with van der Waals surface area (Å²) < 4.78 is 0. The van der Waals surface area contributed by atoms with Crippen molar-refractivity contribution in [2.24, 2.45) is 0 Å². The summed E-state index contributed by atoms with van der Waals surface area (Å²) >= 11 is 1.19. The van der Waals surface area contributed by atoms with Crippen LogP contribution in [0.3, 0.4) is 0 Å². The topological polar surface area (TPSA) is 88.2 Å². The Balaban J connectivity index is 2.12. The Hall–Kier alpha value is -1.14. The summed E-state index contributed by atoms with van der Waals surface area (Å²) in [7, 11) is 0. The molecule has 2 rings (SSSR count). The highest BCUT2D eigenvalue weighted by atomic mass is 32.1. The maximum atomic E-state index is 12.2. The number of nitrogens with one attached hydrogen (secondary N) is 1. The van der Waals surface area contributed by atoms with Gasteiger partial charge in [-0.25, -0.2) is 4.98 Å². The van der Waals surface area contributed by atoms with E-state index in [1.165, 1.54) is 17.8 Å². The highest BCUT2D eigenvalue weighted by Crippen LogP contribution is 2.29. The fourth-order valence-corrected chi connectivity index (χ4v) is 3.21. The quantitative estimate of drug-likeness (QED) is 0.775. The van der Waals surface area contributed by atoms with Gasteiger partial charge >= 0.3 is 0 Å². The number of carbonyl (C=O) groups is 1. The fraction of sp³-hybridized carbons (Fsp3) is 0.667. The number of amides is 1. The Morgan fingerprint density at radius 3 is 2.67 bits per heavy atom. The number of nitrogen functional groups attached to an aromatic ring is 1. The number of anilines is 1. The molecule has 0 bridgehead atoms. The number of nitrogens with zero attached hydrogens (tertiary/aromatic N) is 1. The van der Waals surface area contributed by atoms with Crippen LogP contribution in [0.25, 0.3) is 0 Å². The third-order valence-corrected chi connectivity index (χ3v) is 4.50. The van der Waals surface area contributed by atoms with Crippen LogP contribution < -0.4 is 11.1 Å². The van der Waals surface area contributed by atoms with Gasteiger partial charge in [0.15, 0.2) is 5.13 Å². The van der Waals surface area contributed by atoms with Crippen LogP contribution in [0.15, 0.2) is 0 Å². The van der Waals surface area contributed by atoms with E-state index in [1.54, 1.807) is 6.92 Å². The van der Waals surface area contributed by atoms with Crippen molar-refractivity contribution in [3.63, 3.8) is 0 Å². The number of aliphatic hydroxyl groups is 1. The highest BCUT2D eigenvalue weighted by molar-refractivity contribution is 7.17. The minimum Gasteiger partial charge on any atom is -0.394 e. The standard InChI is InChI=1S/C12H19N3O2S/c1-8-9(18-11(13)14-8)10(17)15-12(7-16)5-3-2-4-6-12/h16H,2-7H2,1H3,(H2,13,14)(H,15,17). The maximum Gasteiger partial charge on any atom is 0.263 e. The molecule has 1 fully saturated rings. The predicted molar refractivity (Wildman–Crippen MR) is 71.6 cm³/mol. The Morgan fingerprint density at radius 1 is 1.50 bits per heavy atom. The van der Waals surface area contributed by atoms with Gasteiger partial charge in [-0.05, 0) is 19.8 Å². The number of thiazole rings is 1. The lowest BCUT2D eigenvalue weighted by Gasteiger charge is -2.36. The molecule has 0 atom stereocenters. The molecule has 0 unspecified atom stereocenters. The van der Waals surface area contributed by atoms with Gasteiger partial charge < -0.3 is 16.2 Å². The van der Waals surface area contributed by atoms with Crippen molar-refractivity contribution in [3.05, 3.63) is 10.6 Å². The van der Waals surface area contributed by atoms with Crippen molar-refractivity contribution in [1.29, 1.82) is 0 Å². The summed E-state index contributed by atoms with van der Waals surface area (Å²) in [5, 5.41) is 12.9. The molecule has 1 aromatic heterocycles. The zero-order chi connectivity index (χ0) is 13.2. The van der Waals surface area contributed by atoms with Gasteiger partial charge in [0.05, 0.1) is 17.8 Å². The van der Waals surface area contributed by atoms with Crippen molar-refractivity contribution in [1.82, 2.24) is 10.3 Å². The van der Waals surface area contributed by atoms with Crippen molar-refractivity contribution in [2.45, 2.75) is 44.6 Å². The van der Waals surface area contributed by atoms with E-state index in [1.807, 2.05) is 0 Å². The van der Waals surface area contributed by atoms with Crippen molar-refractivity contribution in [3.8, 4) is 0 Å². The fourth-order valence-electron chi connectivity index (χ4n) is 2.48. The van der Waals surface area contributed by atoms with Crippen LogP contribution in [0.1, 0.15) is 47.5 Å². The molecular weight excluding hydrogens is 250 g/mol. The Labute approximate surface area is 110 Å². The van der Waals surface area contributed by atoms with E-state index < -0.39 is 5.54 Å². The predicted octanol–water partition coefficient (Wildman–Crippen LogP) is 1.46. The number of nitrogens with two attached hydrogens (primary N) is 1. The van der Waals surface area contributed by atoms with Crippen LogP contribution in [0.4, 0.5) is 5.13 Å². The second-order valence-corrected chi connectivity index (χ2v) is 5.95. The SMILES string of the molecule is Cc1nc(N)sc1C(=O)NC1(CO)CCCCC1. The van der Waals surface area contributed by atoms with Gasteiger partial charge in [0.1, 0.15) is 4.88 Å². The lowest BCUT2D eigenvalue weighted by atomic mass is 9.82. The minimum absolute atomic E-state index is 0.00786. The second-order valence-electron chi connectivity index (χ2n) is 4.92. The number of hydrogen-bond acceptors (Lipinski definition) is 5. The average Bonchev–Trinajstić information content (AvgIpc) is 2.70. The molecule has 4 N–H and O–H groups in total. The van der Waals surface area contributed by atoms with Crippen molar-refractivity contribution >= 4 is 22.4 Å². The smallest absolute Gasteiger partial charge is 0.263 e. The number of aliphatic hydroxyl groups excluding tert-OH is 1. The molecule has 1 heterocycles. The molecule has 1 aromatic rings. The summed E-state index contributed by atoms with van der Waals surface area (Å²) in [5.41, 5.74) is 5.79. The summed E-state index contributed by atoms with van der Waals surface area (Å²) in [6, 6.07) is 0. The van der Waals surface area contributed by atoms with Gasteiger partial charge in [-0.1, -0.05) is 30.6 Å². The van der Waals surface area contributed by atoms with Gasteiger partial charge in [0.2, 0.25) is 0 Å². The van der Waals surface area contributed by atoms with Crippen LogP contribution in [-0.2, 0) is 0 Å². The van der Waals surface area contributed by atoms with E-state index in [-0.39, 0.29) is 12.5 Å². The zero-order valence-corrected chi connectivity index (χ0v) is 11.3. The Bertz CT molecular complexity index is 439. The molecule has 0 spiro atoms. The van der Waals surface area contributed by atoms with Crippen LogP contribution >= 0.6 is 11.3 Å². The molecule has 100 valence electrons. The molecule has 6 heteroatoms. The number of aryl methyl sites for hydroxylation is 1. The molecular formula is C12H19N3O2S. The molecule has 0 radical (unpaired) electrons. The van der Waals surface area contributed by atoms with Crippen molar-refractivity contribution < 1.29 is 9.90 Å². The molecule has 1 aliphatic carbocycles. The van der Waals surface area contributed by atoms with Gasteiger partial charge in [-0.2, -0.15) is 0 Å². The molecule has 0 aliphatic heterocycles. The molecule has 1 amide bonds. The van der Waals surface area contributed by atoms with Crippen LogP contribution in [0.5, 0.6) is 0 Å². The minimum atomic E-state index is -0.458. The van der Waals surface area contributed by atoms with Gasteiger partial charge in [-0.3, -0.25) is 4.79 Å². The van der Waals surface area contributed by atoms with Gasteiger partial charge in [-0.15, -0.1) is 0 Å². The first-order valence-electron chi connectivity index (χ1n) is 6.23. The van der Waals surface area contributed by atoms with E-state index in [0.717, 1.165) is 25.7 Å². The van der Waals surface area contributed by atoms with Crippen molar-refractivity contribution in [2.75, 3.05) is 12.3 Å². The lowest BCUT2D eigenvalue weighted by molar-refractivity contribution is 0.0761. The largest absolute Gasteiger partial charge is 0.394 e. The second kappa shape index (κ2) is 5.24. The van der Waals surface area contributed by atoms with E-state index in [4.69, 9.17) is 5.73 Å². The first kappa shape index (κ1) is 13.3. The summed E-state index contributed by atoms with van der Waals surface area (Å²) in [5.74, 6) is -0.169. The van der Waals surface area contributed by atoms with E-state index in [9.17, 15) is 9.90 Å². The number of hydrogen-bond donors (Lipinski definition) is 3. The van der Waals surface area contributed by atoms with Gasteiger partial charge in [0, 0.05) is 0 Å². The molecule has 1 aliphatic rings. The molecule has 0 aromatic carbocycles. The first-order chi connectivity index (χ1) is 8.56. The summed E-state index contributed by atoms with van der Waals surface area (Å²) in [6.45, 7) is 1.76. The van der Waals surface area contributed by atoms with E-state index in [2.05, 4.69) is 10.3 Å². The zero-order valence-electron chi connectivity index (χ0n) is 10.5. The van der Waals surface area contributed by atoms with Gasteiger partial charge in [0.25, 0.3) is 5.91 Å². The van der Waals surface area contributed by atoms with Crippen LogP contribution in [0, 0.1) is 6.92 Å².